The molecule has 0 heterocycles. The molecule has 0 nitrogen and oxygen atoms in total. The summed E-state index contributed by atoms with van der Waals surface area (Å²) in [7, 11) is 0. The van der Waals surface area contributed by atoms with Gasteiger partial charge in [0.15, 0.2) is 0 Å². The van der Waals surface area contributed by atoms with Crippen molar-refractivity contribution in [3.05, 3.63) is 69.8 Å². The lowest BCUT2D eigenvalue weighted by Gasteiger charge is -2.18. The van der Waals surface area contributed by atoms with Gasteiger partial charge >= 0.3 is 0 Å². The Hall–Kier alpha value is -1.08. The first-order valence-electron chi connectivity index (χ1n) is 6.27. The number of hydrogen-bond acceptors (Lipinski definition) is 0. The molecule has 1 unspecified atom stereocenters. The number of hydrogen-bond donors (Lipinski definition) is 0. The third kappa shape index (κ3) is 2.67. The topological polar surface area (TPSA) is 0 Å². The molecule has 0 fully saturated rings. The molecule has 0 saturated carbocycles. The minimum absolute atomic E-state index is 0.276. The Morgan fingerprint density at radius 2 is 1.44 bits per heavy atom. The Balaban J connectivity index is 2.49. The van der Waals surface area contributed by atoms with Gasteiger partial charge in [-0.05, 0) is 49.9 Å². The molecule has 0 amide bonds. The van der Waals surface area contributed by atoms with Gasteiger partial charge in [0.1, 0.15) is 0 Å². The van der Waals surface area contributed by atoms with Crippen molar-refractivity contribution in [3.63, 3.8) is 0 Å². The molecule has 0 N–H and O–H groups in total. The molecule has 0 radical (unpaired) electrons. The highest BCUT2D eigenvalue weighted by atomic mass is 79.9. The fourth-order valence-corrected chi connectivity index (χ4v) is 3.59. The van der Waals surface area contributed by atoms with Crippen LogP contribution in [0.25, 0.3) is 0 Å². The summed E-state index contributed by atoms with van der Waals surface area (Å²) in [6.07, 6.45) is 0. The van der Waals surface area contributed by atoms with E-state index in [-0.39, 0.29) is 4.83 Å². The van der Waals surface area contributed by atoms with Crippen LogP contribution >= 0.6 is 15.9 Å². The molecule has 0 spiro atoms. The Morgan fingerprint density at radius 3 is 2.00 bits per heavy atom. The quantitative estimate of drug-likeness (QED) is 0.651. The van der Waals surface area contributed by atoms with Gasteiger partial charge in [0.2, 0.25) is 0 Å². The third-order valence-electron chi connectivity index (χ3n) is 3.33. The van der Waals surface area contributed by atoms with Gasteiger partial charge in [-0.2, -0.15) is 0 Å². The van der Waals surface area contributed by atoms with Crippen LogP contribution < -0.4 is 0 Å². The van der Waals surface area contributed by atoms with Crippen molar-refractivity contribution in [1.29, 1.82) is 0 Å². The lowest BCUT2D eigenvalue weighted by atomic mass is 9.94. The van der Waals surface area contributed by atoms with E-state index in [1.165, 1.54) is 33.4 Å². The Kier molecular flexibility index (Phi) is 3.91. The maximum atomic E-state index is 3.85. The Bertz CT molecular complexity index is 547. The molecule has 1 heteroatoms. The highest BCUT2D eigenvalue weighted by Crippen LogP contribution is 2.35. The van der Waals surface area contributed by atoms with Crippen LogP contribution in [0.5, 0.6) is 0 Å². The standard InChI is InChI=1S/C17H19Br/c1-11-6-5-7-15(10-11)17(18)16-13(3)8-12(2)9-14(16)4/h5-10,17H,1-4H3. The molecule has 2 rings (SSSR count). The highest BCUT2D eigenvalue weighted by molar-refractivity contribution is 9.09. The SMILES string of the molecule is Cc1cccc(C(Br)c2c(C)cc(C)cc2C)c1. The van der Waals surface area contributed by atoms with E-state index in [1.54, 1.807) is 0 Å². The number of alkyl halides is 1. The molecule has 0 saturated heterocycles. The van der Waals surface area contributed by atoms with Gasteiger partial charge in [0.05, 0.1) is 4.83 Å². The van der Waals surface area contributed by atoms with E-state index < -0.39 is 0 Å². The van der Waals surface area contributed by atoms with Crippen molar-refractivity contribution in [2.24, 2.45) is 0 Å². The number of aryl methyl sites for hydroxylation is 4. The lowest BCUT2D eigenvalue weighted by Crippen LogP contribution is -2.00. The van der Waals surface area contributed by atoms with Gasteiger partial charge in [-0.15, -0.1) is 0 Å². The number of halogens is 1. The second-order valence-electron chi connectivity index (χ2n) is 5.09. The normalized spacial score (nSPS) is 12.5. The highest BCUT2D eigenvalue weighted by Gasteiger charge is 2.15. The summed E-state index contributed by atoms with van der Waals surface area (Å²) < 4.78 is 0. The van der Waals surface area contributed by atoms with Crippen molar-refractivity contribution in [1.82, 2.24) is 0 Å². The van der Waals surface area contributed by atoms with E-state index in [9.17, 15) is 0 Å². The molecule has 0 aliphatic carbocycles. The maximum absolute atomic E-state index is 3.85. The summed E-state index contributed by atoms with van der Waals surface area (Å²) >= 11 is 3.85. The predicted octanol–water partition coefficient (Wildman–Crippen LogP) is 5.40. The van der Waals surface area contributed by atoms with Gasteiger partial charge in [-0.1, -0.05) is 63.5 Å². The fraction of sp³-hybridized carbons (Fsp3) is 0.294. The lowest BCUT2D eigenvalue weighted by molar-refractivity contribution is 1.10. The van der Waals surface area contributed by atoms with Crippen molar-refractivity contribution < 1.29 is 0 Å². The monoisotopic (exact) mass is 302 g/mol. The summed E-state index contributed by atoms with van der Waals surface area (Å²) in [5.74, 6) is 0. The van der Waals surface area contributed by atoms with Crippen LogP contribution in [0.1, 0.15) is 38.2 Å². The first-order valence-corrected chi connectivity index (χ1v) is 7.19. The summed E-state index contributed by atoms with van der Waals surface area (Å²) in [5.41, 5.74) is 8.07. The van der Waals surface area contributed by atoms with Gasteiger partial charge in [-0.25, -0.2) is 0 Å². The third-order valence-corrected chi connectivity index (χ3v) is 4.31. The van der Waals surface area contributed by atoms with Crippen LogP contribution in [0, 0.1) is 27.7 Å². The van der Waals surface area contributed by atoms with E-state index in [0.717, 1.165) is 0 Å². The molecule has 0 bridgehead atoms. The van der Waals surface area contributed by atoms with Crippen molar-refractivity contribution >= 4 is 15.9 Å². The van der Waals surface area contributed by atoms with Gasteiger partial charge in [0, 0.05) is 0 Å². The summed E-state index contributed by atoms with van der Waals surface area (Å²) in [6.45, 7) is 8.68. The summed E-state index contributed by atoms with van der Waals surface area (Å²) in [5, 5.41) is 0. The van der Waals surface area contributed by atoms with E-state index >= 15 is 0 Å². The van der Waals surface area contributed by atoms with E-state index in [2.05, 4.69) is 80.0 Å². The number of rotatable bonds is 2. The second-order valence-corrected chi connectivity index (χ2v) is 6.00. The van der Waals surface area contributed by atoms with E-state index in [4.69, 9.17) is 0 Å². The zero-order chi connectivity index (χ0) is 13.3. The molecule has 94 valence electrons. The molecular weight excluding hydrogens is 284 g/mol. The predicted molar refractivity (Wildman–Crippen MR) is 82.6 cm³/mol. The molecule has 0 aromatic heterocycles. The molecule has 1 atom stereocenters. The Morgan fingerprint density at radius 1 is 0.833 bits per heavy atom. The van der Waals surface area contributed by atoms with Crippen LogP contribution in [-0.2, 0) is 0 Å². The molecular formula is C17H19Br. The van der Waals surface area contributed by atoms with E-state index in [1.807, 2.05) is 0 Å². The first kappa shape index (κ1) is 13.4. The van der Waals surface area contributed by atoms with Crippen molar-refractivity contribution in [2.75, 3.05) is 0 Å². The first-order chi connectivity index (χ1) is 8.49. The van der Waals surface area contributed by atoms with Crippen LogP contribution in [0.15, 0.2) is 36.4 Å². The van der Waals surface area contributed by atoms with Gasteiger partial charge < -0.3 is 0 Å². The second kappa shape index (κ2) is 5.27. The van der Waals surface area contributed by atoms with Gasteiger partial charge in [0.25, 0.3) is 0 Å². The molecule has 18 heavy (non-hydrogen) atoms. The Labute approximate surface area is 118 Å². The zero-order valence-electron chi connectivity index (χ0n) is 11.4. The average molecular weight is 303 g/mol. The molecule has 2 aromatic carbocycles. The number of benzene rings is 2. The molecule has 0 aliphatic rings. The van der Waals surface area contributed by atoms with Gasteiger partial charge in [-0.3, -0.25) is 0 Å². The van der Waals surface area contributed by atoms with Crippen LogP contribution in [-0.4, -0.2) is 0 Å². The average Bonchev–Trinajstić information content (AvgIpc) is 2.27. The zero-order valence-corrected chi connectivity index (χ0v) is 13.0. The minimum Gasteiger partial charge on any atom is -0.0786 e. The van der Waals surface area contributed by atoms with E-state index in [0.29, 0.717) is 0 Å². The van der Waals surface area contributed by atoms with Crippen LogP contribution in [0.4, 0.5) is 0 Å². The fourth-order valence-electron chi connectivity index (χ4n) is 2.59. The van der Waals surface area contributed by atoms with Crippen LogP contribution in [0.3, 0.4) is 0 Å². The van der Waals surface area contributed by atoms with Crippen molar-refractivity contribution in [3.8, 4) is 0 Å². The largest absolute Gasteiger partial charge is 0.0786 e. The van der Waals surface area contributed by atoms with Crippen molar-refractivity contribution in [2.45, 2.75) is 32.5 Å². The molecule has 2 aromatic rings. The van der Waals surface area contributed by atoms with Crippen LogP contribution in [0.2, 0.25) is 0 Å². The summed E-state index contributed by atoms with van der Waals surface area (Å²) in [6, 6.07) is 13.2. The minimum atomic E-state index is 0.276. The maximum Gasteiger partial charge on any atom is 0.0649 e. The molecule has 0 aliphatic heterocycles. The smallest absolute Gasteiger partial charge is 0.0649 e. The summed E-state index contributed by atoms with van der Waals surface area (Å²) in [4.78, 5) is 0.276.